The number of benzene rings is 3. The number of aliphatic hydroxyl groups is 1. The fraction of sp³-hybridized carbons (Fsp3) is 0.364. The van der Waals surface area contributed by atoms with Crippen LogP contribution in [0, 0.1) is 0 Å². The Hall–Kier alpha value is -2.01. The van der Waals surface area contributed by atoms with Gasteiger partial charge in [0.15, 0.2) is 11.5 Å². The van der Waals surface area contributed by atoms with Crippen LogP contribution in [0.25, 0.3) is 21.5 Å². The first-order valence-corrected chi connectivity index (χ1v) is 9.24. The molecule has 0 unspecified atom stereocenters. The van der Waals surface area contributed by atoms with Gasteiger partial charge in [0, 0.05) is 12.6 Å². The second kappa shape index (κ2) is 6.86. The minimum absolute atomic E-state index is 0. The van der Waals surface area contributed by atoms with Gasteiger partial charge in [-0.15, -0.1) is 12.4 Å². The predicted octanol–water partition coefficient (Wildman–Crippen LogP) is 4.44. The van der Waals surface area contributed by atoms with Gasteiger partial charge in [-0.25, -0.2) is 0 Å². The number of rotatable bonds is 2. The quantitative estimate of drug-likeness (QED) is 0.662. The molecule has 0 spiro atoms. The van der Waals surface area contributed by atoms with Crippen LogP contribution in [0.15, 0.2) is 36.4 Å². The van der Waals surface area contributed by atoms with Crippen LogP contribution in [0.1, 0.15) is 30.1 Å². The minimum atomic E-state index is -0.441. The van der Waals surface area contributed by atoms with E-state index in [4.69, 9.17) is 9.47 Å². The highest BCUT2D eigenvalue weighted by Gasteiger charge is 2.38. The van der Waals surface area contributed by atoms with Crippen molar-refractivity contribution in [2.45, 2.75) is 31.5 Å². The maximum absolute atomic E-state index is 11.2. The lowest BCUT2D eigenvalue weighted by Crippen LogP contribution is -2.39. The largest absolute Gasteiger partial charge is 0.493 e. The van der Waals surface area contributed by atoms with Crippen molar-refractivity contribution in [3.63, 3.8) is 0 Å². The Morgan fingerprint density at radius 2 is 1.63 bits per heavy atom. The smallest absolute Gasteiger partial charge is 0.161 e. The highest BCUT2D eigenvalue weighted by molar-refractivity contribution is 6.12. The third-order valence-corrected chi connectivity index (χ3v) is 6.12. The molecule has 3 aromatic carbocycles. The highest BCUT2D eigenvalue weighted by Crippen LogP contribution is 2.46. The molecule has 1 saturated heterocycles. The number of aliphatic hydroxyl groups excluding tert-OH is 1. The molecule has 0 saturated carbocycles. The Kier molecular flexibility index (Phi) is 4.66. The molecular formula is C22H24ClNO3. The molecule has 5 heteroatoms. The van der Waals surface area contributed by atoms with Crippen molar-refractivity contribution in [3.05, 3.63) is 47.5 Å². The van der Waals surface area contributed by atoms with Gasteiger partial charge in [0.05, 0.1) is 20.3 Å². The Morgan fingerprint density at radius 1 is 0.963 bits per heavy atom. The van der Waals surface area contributed by atoms with E-state index in [1.165, 1.54) is 5.56 Å². The summed E-state index contributed by atoms with van der Waals surface area (Å²) < 4.78 is 11.1. The van der Waals surface area contributed by atoms with E-state index in [0.29, 0.717) is 0 Å². The zero-order chi connectivity index (χ0) is 17.8. The number of ether oxygens (including phenoxy) is 2. The van der Waals surface area contributed by atoms with Gasteiger partial charge >= 0.3 is 0 Å². The standard InChI is InChI=1S/C22H23NO3.ClH/c1-25-19-10-15-13-6-3-4-7-14(13)21-17(16(15)11-20(19)26-2)12-23-9-5-8-18(23)22(21)24;/h3-4,6-7,10-11,18,22,24H,5,8-9,12H2,1-2H3;1H/t18-,22+;/m1./s1. The molecule has 0 radical (unpaired) electrons. The molecule has 0 bridgehead atoms. The molecule has 0 aliphatic carbocycles. The van der Waals surface area contributed by atoms with Gasteiger partial charge in [-0.2, -0.15) is 0 Å². The second-order valence-corrected chi connectivity index (χ2v) is 7.32. The number of fused-ring (bicyclic) bond motifs is 7. The summed E-state index contributed by atoms with van der Waals surface area (Å²) in [5.41, 5.74) is 2.33. The van der Waals surface area contributed by atoms with E-state index in [9.17, 15) is 5.11 Å². The molecule has 4 nitrogen and oxygen atoms in total. The number of hydrogen-bond donors (Lipinski definition) is 1. The first kappa shape index (κ1) is 18.4. The molecule has 2 atom stereocenters. The number of methoxy groups -OCH3 is 2. The third-order valence-electron chi connectivity index (χ3n) is 6.12. The number of nitrogens with zero attached hydrogens (tertiary/aromatic N) is 1. The van der Waals surface area contributed by atoms with Gasteiger partial charge < -0.3 is 14.6 Å². The summed E-state index contributed by atoms with van der Waals surface area (Å²) >= 11 is 0. The van der Waals surface area contributed by atoms with Gasteiger partial charge in [0.2, 0.25) is 0 Å². The van der Waals surface area contributed by atoms with E-state index in [-0.39, 0.29) is 18.4 Å². The average molecular weight is 386 g/mol. The first-order valence-electron chi connectivity index (χ1n) is 9.24. The SMILES string of the molecule is COc1cc2c3c(c4ccccc4c2cc1OC)[C@@H](O)[C@H]1CCCN1C3.Cl. The molecule has 0 amide bonds. The maximum Gasteiger partial charge on any atom is 0.161 e. The maximum atomic E-state index is 11.2. The first-order chi connectivity index (χ1) is 12.7. The normalized spacial score (nSPS) is 21.6. The molecule has 3 aromatic rings. The molecule has 0 aromatic heterocycles. The van der Waals surface area contributed by atoms with E-state index in [1.807, 2.05) is 0 Å². The lowest BCUT2D eigenvalue weighted by molar-refractivity contribution is 0.0552. The minimum Gasteiger partial charge on any atom is -0.493 e. The molecule has 2 aliphatic heterocycles. The molecule has 2 heterocycles. The van der Waals surface area contributed by atoms with E-state index in [0.717, 1.165) is 64.5 Å². The van der Waals surface area contributed by atoms with Crippen molar-refractivity contribution in [3.8, 4) is 11.5 Å². The van der Waals surface area contributed by atoms with Gasteiger partial charge in [0.25, 0.3) is 0 Å². The molecule has 27 heavy (non-hydrogen) atoms. The lowest BCUT2D eigenvalue weighted by Gasteiger charge is -2.37. The average Bonchev–Trinajstić information content (AvgIpc) is 3.16. The second-order valence-electron chi connectivity index (χ2n) is 7.32. The van der Waals surface area contributed by atoms with Crippen molar-refractivity contribution in [2.75, 3.05) is 20.8 Å². The van der Waals surface area contributed by atoms with Crippen LogP contribution in [0.5, 0.6) is 11.5 Å². The fourth-order valence-electron chi connectivity index (χ4n) is 4.92. The van der Waals surface area contributed by atoms with Crippen molar-refractivity contribution in [1.82, 2.24) is 4.90 Å². The van der Waals surface area contributed by atoms with E-state index < -0.39 is 6.10 Å². The summed E-state index contributed by atoms with van der Waals surface area (Å²) in [5, 5.41) is 15.8. The Bertz CT molecular complexity index is 1020. The van der Waals surface area contributed by atoms with Crippen molar-refractivity contribution in [1.29, 1.82) is 0 Å². The summed E-state index contributed by atoms with van der Waals surface area (Å²) in [7, 11) is 3.34. The predicted molar refractivity (Wildman–Crippen MR) is 110 cm³/mol. The summed E-state index contributed by atoms with van der Waals surface area (Å²) in [4.78, 5) is 2.43. The lowest BCUT2D eigenvalue weighted by atomic mass is 9.83. The highest BCUT2D eigenvalue weighted by atomic mass is 35.5. The summed E-state index contributed by atoms with van der Waals surface area (Å²) in [6.45, 7) is 1.94. The van der Waals surface area contributed by atoms with Crippen molar-refractivity contribution >= 4 is 34.0 Å². The monoisotopic (exact) mass is 385 g/mol. The van der Waals surface area contributed by atoms with Crippen LogP contribution in [0.3, 0.4) is 0 Å². The van der Waals surface area contributed by atoms with Gasteiger partial charge in [-0.05, 0) is 64.2 Å². The van der Waals surface area contributed by atoms with Crippen LogP contribution in [-0.4, -0.2) is 36.8 Å². The van der Waals surface area contributed by atoms with Crippen LogP contribution in [0.2, 0.25) is 0 Å². The number of hydrogen-bond acceptors (Lipinski definition) is 4. The van der Waals surface area contributed by atoms with Crippen molar-refractivity contribution < 1.29 is 14.6 Å². The Balaban J connectivity index is 0.00000180. The molecular weight excluding hydrogens is 362 g/mol. The Morgan fingerprint density at radius 3 is 2.33 bits per heavy atom. The van der Waals surface area contributed by atoms with Gasteiger partial charge in [0.1, 0.15) is 0 Å². The van der Waals surface area contributed by atoms with Crippen LogP contribution < -0.4 is 9.47 Å². The summed E-state index contributed by atoms with van der Waals surface area (Å²) in [5.74, 6) is 1.47. The van der Waals surface area contributed by atoms with Crippen LogP contribution >= 0.6 is 12.4 Å². The van der Waals surface area contributed by atoms with E-state index >= 15 is 0 Å². The zero-order valence-corrected chi connectivity index (χ0v) is 16.4. The zero-order valence-electron chi connectivity index (χ0n) is 15.6. The topological polar surface area (TPSA) is 41.9 Å². The fourth-order valence-corrected chi connectivity index (χ4v) is 4.92. The molecule has 5 rings (SSSR count). The van der Waals surface area contributed by atoms with Crippen LogP contribution in [0.4, 0.5) is 0 Å². The van der Waals surface area contributed by atoms with Gasteiger partial charge in [-0.3, -0.25) is 4.90 Å². The van der Waals surface area contributed by atoms with E-state index in [2.05, 4.69) is 41.3 Å². The molecule has 1 N–H and O–H groups in total. The number of halogens is 1. The van der Waals surface area contributed by atoms with E-state index in [1.54, 1.807) is 14.2 Å². The summed E-state index contributed by atoms with van der Waals surface area (Å²) in [6, 6.07) is 12.8. The van der Waals surface area contributed by atoms with Gasteiger partial charge in [-0.1, -0.05) is 24.3 Å². The molecule has 142 valence electrons. The Labute approximate surface area is 165 Å². The molecule has 1 fully saturated rings. The van der Waals surface area contributed by atoms with Crippen molar-refractivity contribution in [2.24, 2.45) is 0 Å². The van der Waals surface area contributed by atoms with Crippen LogP contribution in [-0.2, 0) is 6.54 Å². The summed E-state index contributed by atoms with van der Waals surface area (Å²) in [6.07, 6.45) is 1.78. The third kappa shape index (κ3) is 2.59. The molecule has 2 aliphatic rings.